The molecule has 116 valence electrons. The summed E-state index contributed by atoms with van der Waals surface area (Å²) in [6.45, 7) is 0. The van der Waals surface area contributed by atoms with Crippen molar-refractivity contribution in [1.29, 1.82) is 0 Å². The standard InChI is InChI=1S/C16H17NO4S/c1-21-16-8-7-14(17(19)20)9-13(16)10-22-11-15(18)12-5-3-2-4-6-12/h2-9,15,18H,10-11H2,1H3. The van der Waals surface area contributed by atoms with E-state index in [4.69, 9.17) is 4.74 Å². The average Bonchev–Trinajstić information content (AvgIpc) is 2.55. The molecule has 0 aliphatic rings. The average molecular weight is 319 g/mol. The lowest BCUT2D eigenvalue weighted by molar-refractivity contribution is -0.384. The smallest absolute Gasteiger partial charge is 0.270 e. The van der Waals surface area contributed by atoms with Crippen molar-refractivity contribution in [2.75, 3.05) is 12.9 Å². The molecule has 6 heteroatoms. The zero-order valence-corrected chi connectivity index (χ0v) is 13.0. The number of thioether (sulfide) groups is 1. The van der Waals surface area contributed by atoms with Crippen LogP contribution >= 0.6 is 11.8 Å². The van der Waals surface area contributed by atoms with Crippen molar-refractivity contribution in [3.05, 3.63) is 69.8 Å². The molecule has 0 aromatic heterocycles. The van der Waals surface area contributed by atoms with E-state index in [1.54, 1.807) is 6.07 Å². The molecular formula is C16H17NO4S. The lowest BCUT2D eigenvalue weighted by atomic mass is 10.1. The number of non-ortho nitro benzene ring substituents is 1. The maximum Gasteiger partial charge on any atom is 0.270 e. The van der Waals surface area contributed by atoms with Crippen LogP contribution in [0.2, 0.25) is 0 Å². The number of aliphatic hydroxyl groups excluding tert-OH is 1. The summed E-state index contributed by atoms with van der Waals surface area (Å²) in [7, 11) is 1.54. The number of methoxy groups -OCH3 is 1. The van der Waals surface area contributed by atoms with E-state index in [1.165, 1.54) is 31.0 Å². The number of nitro groups is 1. The van der Waals surface area contributed by atoms with Crippen molar-refractivity contribution in [3.63, 3.8) is 0 Å². The van der Waals surface area contributed by atoms with Gasteiger partial charge in [-0.2, -0.15) is 11.8 Å². The Bertz CT molecular complexity index is 633. The monoisotopic (exact) mass is 319 g/mol. The van der Waals surface area contributed by atoms with Crippen LogP contribution in [0.5, 0.6) is 5.75 Å². The van der Waals surface area contributed by atoms with E-state index in [0.29, 0.717) is 17.3 Å². The van der Waals surface area contributed by atoms with Gasteiger partial charge in [-0.05, 0) is 11.6 Å². The summed E-state index contributed by atoms with van der Waals surface area (Å²) in [6.07, 6.45) is -0.559. The minimum atomic E-state index is -0.559. The van der Waals surface area contributed by atoms with Gasteiger partial charge < -0.3 is 9.84 Å². The van der Waals surface area contributed by atoms with Crippen LogP contribution in [-0.4, -0.2) is 22.9 Å². The zero-order valence-electron chi connectivity index (χ0n) is 12.1. The van der Waals surface area contributed by atoms with Gasteiger partial charge in [0, 0.05) is 29.2 Å². The normalized spacial score (nSPS) is 11.9. The van der Waals surface area contributed by atoms with Crippen molar-refractivity contribution < 1.29 is 14.8 Å². The van der Waals surface area contributed by atoms with Crippen LogP contribution in [-0.2, 0) is 5.75 Å². The minimum absolute atomic E-state index is 0.0417. The summed E-state index contributed by atoms with van der Waals surface area (Å²) in [6, 6.07) is 13.9. The number of hydrogen-bond acceptors (Lipinski definition) is 5. The summed E-state index contributed by atoms with van der Waals surface area (Å²) in [5, 5.41) is 20.9. The Labute approximate surface area is 133 Å². The molecule has 1 N–H and O–H groups in total. The summed E-state index contributed by atoms with van der Waals surface area (Å²) >= 11 is 1.51. The molecule has 0 bridgehead atoms. The number of hydrogen-bond donors (Lipinski definition) is 1. The first-order chi connectivity index (χ1) is 10.6. The largest absolute Gasteiger partial charge is 0.496 e. The molecular weight excluding hydrogens is 302 g/mol. The van der Waals surface area contributed by atoms with Gasteiger partial charge in [-0.15, -0.1) is 0 Å². The summed E-state index contributed by atoms with van der Waals surface area (Å²) in [5.74, 6) is 1.66. The lowest BCUT2D eigenvalue weighted by Gasteiger charge is -2.12. The third-order valence-electron chi connectivity index (χ3n) is 3.19. The Morgan fingerprint density at radius 2 is 2.00 bits per heavy atom. The number of aliphatic hydroxyl groups is 1. The van der Waals surface area contributed by atoms with Crippen LogP contribution in [0, 0.1) is 10.1 Å². The quantitative estimate of drug-likeness (QED) is 0.624. The second kappa shape index (κ2) is 7.82. The SMILES string of the molecule is COc1ccc([N+](=O)[O-])cc1CSCC(O)c1ccccc1. The van der Waals surface area contributed by atoms with Crippen LogP contribution < -0.4 is 4.74 Å². The summed E-state index contributed by atoms with van der Waals surface area (Å²) < 4.78 is 5.22. The van der Waals surface area contributed by atoms with E-state index in [9.17, 15) is 15.2 Å². The fourth-order valence-electron chi connectivity index (χ4n) is 2.04. The van der Waals surface area contributed by atoms with Gasteiger partial charge in [-0.1, -0.05) is 30.3 Å². The van der Waals surface area contributed by atoms with Gasteiger partial charge in [0.05, 0.1) is 18.1 Å². The molecule has 0 fully saturated rings. The molecule has 0 saturated heterocycles. The Balaban J connectivity index is 1.99. The molecule has 0 saturated carbocycles. The molecule has 0 aliphatic heterocycles. The van der Waals surface area contributed by atoms with Gasteiger partial charge in [0.1, 0.15) is 5.75 Å². The number of nitrogens with zero attached hydrogens (tertiary/aromatic N) is 1. The van der Waals surface area contributed by atoms with Crippen molar-refractivity contribution in [3.8, 4) is 5.75 Å². The van der Waals surface area contributed by atoms with E-state index >= 15 is 0 Å². The number of rotatable bonds is 7. The first-order valence-corrected chi connectivity index (χ1v) is 7.89. The molecule has 1 unspecified atom stereocenters. The maximum atomic E-state index is 10.8. The van der Waals surface area contributed by atoms with E-state index < -0.39 is 11.0 Å². The molecule has 0 heterocycles. The molecule has 0 amide bonds. The Hall–Kier alpha value is -2.05. The Kier molecular flexibility index (Phi) is 5.80. The predicted molar refractivity (Wildman–Crippen MR) is 87.2 cm³/mol. The van der Waals surface area contributed by atoms with Crippen molar-refractivity contribution in [2.45, 2.75) is 11.9 Å². The molecule has 0 aliphatic carbocycles. The molecule has 22 heavy (non-hydrogen) atoms. The molecule has 0 spiro atoms. The Morgan fingerprint density at radius 1 is 1.27 bits per heavy atom. The van der Waals surface area contributed by atoms with Crippen LogP contribution in [0.15, 0.2) is 48.5 Å². The third kappa shape index (κ3) is 4.22. The van der Waals surface area contributed by atoms with Crippen LogP contribution in [0.4, 0.5) is 5.69 Å². The van der Waals surface area contributed by atoms with E-state index in [1.807, 2.05) is 30.3 Å². The fourth-order valence-corrected chi connectivity index (χ4v) is 3.02. The fraction of sp³-hybridized carbons (Fsp3) is 0.250. The molecule has 0 radical (unpaired) electrons. The minimum Gasteiger partial charge on any atom is -0.496 e. The molecule has 2 aromatic carbocycles. The van der Waals surface area contributed by atoms with Gasteiger partial charge in [0.15, 0.2) is 0 Å². The molecule has 2 aromatic rings. The zero-order chi connectivity index (χ0) is 15.9. The van der Waals surface area contributed by atoms with Gasteiger partial charge in [0.2, 0.25) is 0 Å². The summed E-state index contributed by atoms with van der Waals surface area (Å²) in [4.78, 5) is 10.4. The first-order valence-electron chi connectivity index (χ1n) is 6.74. The van der Waals surface area contributed by atoms with Crippen molar-refractivity contribution in [1.82, 2.24) is 0 Å². The highest BCUT2D eigenvalue weighted by atomic mass is 32.2. The summed E-state index contributed by atoms with van der Waals surface area (Å²) in [5.41, 5.74) is 1.66. The van der Waals surface area contributed by atoms with Crippen molar-refractivity contribution >= 4 is 17.4 Å². The molecule has 1 atom stereocenters. The van der Waals surface area contributed by atoms with Gasteiger partial charge in [-0.25, -0.2) is 0 Å². The van der Waals surface area contributed by atoms with Crippen molar-refractivity contribution in [2.24, 2.45) is 0 Å². The number of ether oxygens (including phenoxy) is 1. The topological polar surface area (TPSA) is 72.6 Å². The maximum absolute atomic E-state index is 10.8. The highest BCUT2D eigenvalue weighted by molar-refractivity contribution is 7.98. The van der Waals surface area contributed by atoms with Crippen LogP contribution in [0.1, 0.15) is 17.2 Å². The van der Waals surface area contributed by atoms with Gasteiger partial charge in [0.25, 0.3) is 5.69 Å². The van der Waals surface area contributed by atoms with E-state index in [0.717, 1.165) is 11.1 Å². The van der Waals surface area contributed by atoms with E-state index in [-0.39, 0.29) is 5.69 Å². The Morgan fingerprint density at radius 3 is 2.64 bits per heavy atom. The van der Waals surface area contributed by atoms with Gasteiger partial charge in [-0.3, -0.25) is 10.1 Å². The number of nitro benzene ring substituents is 1. The highest BCUT2D eigenvalue weighted by Gasteiger charge is 2.13. The predicted octanol–water partition coefficient (Wildman–Crippen LogP) is 3.57. The molecule has 2 rings (SSSR count). The van der Waals surface area contributed by atoms with Crippen LogP contribution in [0.25, 0.3) is 0 Å². The van der Waals surface area contributed by atoms with Crippen LogP contribution in [0.3, 0.4) is 0 Å². The second-order valence-corrected chi connectivity index (χ2v) is 5.73. The highest BCUT2D eigenvalue weighted by Crippen LogP contribution is 2.29. The lowest BCUT2D eigenvalue weighted by Crippen LogP contribution is -2.01. The van der Waals surface area contributed by atoms with Gasteiger partial charge >= 0.3 is 0 Å². The van der Waals surface area contributed by atoms with E-state index in [2.05, 4.69) is 0 Å². The number of benzene rings is 2. The molecule has 5 nitrogen and oxygen atoms in total. The first kappa shape index (κ1) is 16.3. The third-order valence-corrected chi connectivity index (χ3v) is 4.26. The second-order valence-electron chi connectivity index (χ2n) is 4.69.